The van der Waals surface area contributed by atoms with Crippen molar-refractivity contribution in [2.45, 2.75) is 13.8 Å². The van der Waals surface area contributed by atoms with Crippen molar-refractivity contribution in [1.82, 2.24) is 4.98 Å². The monoisotopic (exact) mass is 311 g/mol. The number of hydrogen-bond donors (Lipinski definition) is 0. The Hall–Kier alpha value is -1.67. The van der Waals surface area contributed by atoms with Crippen molar-refractivity contribution in [3.05, 3.63) is 64.3 Å². The van der Waals surface area contributed by atoms with Crippen LogP contribution in [0.15, 0.2) is 53.1 Å². The molecule has 0 fully saturated rings. The van der Waals surface area contributed by atoms with Crippen LogP contribution >= 0.6 is 15.9 Å². The second kappa shape index (κ2) is 4.78. The Kier molecular flexibility index (Phi) is 3.11. The van der Waals surface area contributed by atoms with Crippen LogP contribution in [0.3, 0.4) is 0 Å². The minimum absolute atomic E-state index is 1.05. The number of rotatable bonds is 1. The summed E-state index contributed by atoms with van der Waals surface area (Å²) in [5.41, 5.74) is 4.76. The molecule has 0 aliphatic rings. The molecule has 0 amide bonds. The number of pyridine rings is 1. The molecule has 0 saturated heterocycles. The molecule has 19 heavy (non-hydrogen) atoms. The largest absolute Gasteiger partial charge is 0.256 e. The molecular weight excluding hydrogens is 298 g/mol. The van der Waals surface area contributed by atoms with Crippen molar-refractivity contribution in [3.63, 3.8) is 0 Å². The maximum atomic E-state index is 4.58. The van der Waals surface area contributed by atoms with E-state index in [0.29, 0.717) is 0 Å². The van der Waals surface area contributed by atoms with Gasteiger partial charge in [0.1, 0.15) is 0 Å². The summed E-state index contributed by atoms with van der Waals surface area (Å²) in [5, 5.41) is 2.38. The van der Waals surface area contributed by atoms with Crippen LogP contribution in [0.5, 0.6) is 0 Å². The minimum Gasteiger partial charge on any atom is -0.256 e. The first-order chi connectivity index (χ1) is 9.15. The summed E-state index contributed by atoms with van der Waals surface area (Å²) in [5.74, 6) is 0. The number of halogens is 1. The van der Waals surface area contributed by atoms with E-state index in [-0.39, 0.29) is 0 Å². The Balaban J connectivity index is 2.33. The second-order valence-corrected chi connectivity index (χ2v) is 5.73. The number of aromatic nitrogens is 1. The van der Waals surface area contributed by atoms with Gasteiger partial charge >= 0.3 is 0 Å². The van der Waals surface area contributed by atoms with E-state index in [1.165, 1.54) is 27.5 Å². The second-order valence-electron chi connectivity index (χ2n) is 4.87. The summed E-state index contributed by atoms with van der Waals surface area (Å²) in [7, 11) is 0. The van der Waals surface area contributed by atoms with Crippen LogP contribution in [0.25, 0.3) is 22.0 Å². The summed E-state index contributed by atoms with van der Waals surface area (Å²) in [6.07, 6.45) is 1.88. The average molecular weight is 312 g/mol. The molecule has 0 aliphatic carbocycles. The third kappa shape index (κ3) is 2.28. The summed E-state index contributed by atoms with van der Waals surface area (Å²) in [4.78, 5) is 4.58. The highest BCUT2D eigenvalue weighted by atomic mass is 79.9. The molecule has 0 atom stereocenters. The molecular formula is C17H14BrN. The predicted octanol–water partition coefficient (Wildman–Crippen LogP) is 5.28. The molecule has 0 N–H and O–H groups in total. The van der Waals surface area contributed by atoms with Gasteiger partial charge < -0.3 is 0 Å². The lowest BCUT2D eigenvalue weighted by atomic mass is 10.0. The van der Waals surface area contributed by atoms with Crippen LogP contribution in [-0.4, -0.2) is 4.98 Å². The van der Waals surface area contributed by atoms with Crippen molar-refractivity contribution in [1.29, 1.82) is 0 Å². The van der Waals surface area contributed by atoms with Gasteiger partial charge in [0, 0.05) is 21.6 Å². The van der Waals surface area contributed by atoms with Crippen LogP contribution in [0.2, 0.25) is 0 Å². The Morgan fingerprint density at radius 2 is 1.63 bits per heavy atom. The Morgan fingerprint density at radius 3 is 2.37 bits per heavy atom. The summed E-state index contributed by atoms with van der Waals surface area (Å²) >= 11 is 3.60. The quantitative estimate of drug-likeness (QED) is 0.595. The molecule has 2 heteroatoms. The van der Waals surface area contributed by atoms with E-state index in [0.717, 1.165) is 10.2 Å². The first-order valence-corrected chi connectivity index (χ1v) is 7.06. The van der Waals surface area contributed by atoms with Gasteiger partial charge in [0.05, 0.1) is 5.69 Å². The fourth-order valence-electron chi connectivity index (χ4n) is 2.51. The van der Waals surface area contributed by atoms with Crippen LogP contribution in [0.1, 0.15) is 11.1 Å². The fraction of sp³-hybridized carbons (Fsp3) is 0.118. The van der Waals surface area contributed by atoms with Gasteiger partial charge in [-0.15, -0.1) is 0 Å². The number of nitrogens with zero attached hydrogens (tertiary/aromatic N) is 1. The molecule has 3 aromatic rings. The summed E-state index contributed by atoms with van der Waals surface area (Å²) < 4.78 is 1.11. The van der Waals surface area contributed by atoms with Gasteiger partial charge in [0.25, 0.3) is 0 Å². The van der Waals surface area contributed by atoms with Gasteiger partial charge in [-0.2, -0.15) is 0 Å². The molecule has 0 aliphatic heterocycles. The molecule has 0 bridgehead atoms. The standard InChI is InChI=1S/C17H14BrN/c1-11-8-12(2)10-13(9-11)17-15-4-3-5-16(18)14(15)6-7-19-17/h3-10H,1-2H3. The maximum absolute atomic E-state index is 4.58. The van der Waals surface area contributed by atoms with E-state index >= 15 is 0 Å². The van der Waals surface area contributed by atoms with Crippen molar-refractivity contribution in [2.75, 3.05) is 0 Å². The first-order valence-electron chi connectivity index (χ1n) is 6.27. The number of fused-ring (bicyclic) bond motifs is 1. The highest BCUT2D eigenvalue weighted by Crippen LogP contribution is 2.31. The number of benzene rings is 2. The Morgan fingerprint density at radius 1 is 0.895 bits per heavy atom. The number of hydrogen-bond acceptors (Lipinski definition) is 1. The van der Waals surface area contributed by atoms with E-state index in [2.05, 4.69) is 71.2 Å². The highest BCUT2D eigenvalue weighted by molar-refractivity contribution is 9.10. The third-order valence-corrected chi connectivity index (χ3v) is 3.94. The lowest BCUT2D eigenvalue weighted by molar-refractivity contribution is 1.32. The van der Waals surface area contributed by atoms with Crippen molar-refractivity contribution in [2.24, 2.45) is 0 Å². The topological polar surface area (TPSA) is 12.9 Å². The SMILES string of the molecule is Cc1cc(C)cc(-c2nccc3c(Br)cccc23)c1. The maximum Gasteiger partial charge on any atom is 0.0780 e. The van der Waals surface area contributed by atoms with Crippen molar-refractivity contribution in [3.8, 4) is 11.3 Å². The van der Waals surface area contributed by atoms with Gasteiger partial charge in [0.2, 0.25) is 0 Å². The van der Waals surface area contributed by atoms with E-state index in [1.54, 1.807) is 0 Å². The minimum atomic E-state index is 1.05. The molecule has 94 valence electrons. The first kappa shape index (κ1) is 12.4. The van der Waals surface area contributed by atoms with E-state index in [9.17, 15) is 0 Å². The van der Waals surface area contributed by atoms with Crippen molar-refractivity contribution >= 4 is 26.7 Å². The molecule has 1 heterocycles. The van der Waals surface area contributed by atoms with Gasteiger partial charge in [0.15, 0.2) is 0 Å². The molecule has 0 saturated carbocycles. The molecule has 1 nitrogen and oxygen atoms in total. The zero-order valence-corrected chi connectivity index (χ0v) is 12.5. The molecule has 2 aromatic carbocycles. The Labute approximate surface area is 121 Å². The van der Waals surface area contributed by atoms with Crippen LogP contribution in [0, 0.1) is 13.8 Å². The molecule has 3 rings (SSSR count). The average Bonchev–Trinajstić information content (AvgIpc) is 2.37. The van der Waals surface area contributed by atoms with Crippen LogP contribution < -0.4 is 0 Å². The normalized spacial score (nSPS) is 10.9. The third-order valence-electron chi connectivity index (χ3n) is 3.25. The molecule has 0 radical (unpaired) electrons. The van der Waals surface area contributed by atoms with Crippen LogP contribution in [-0.2, 0) is 0 Å². The number of aryl methyl sites for hydroxylation is 2. The van der Waals surface area contributed by atoms with Gasteiger partial charge in [-0.25, -0.2) is 0 Å². The molecule has 0 spiro atoms. The summed E-state index contributed by atoms with van der Waals surface area (Å²) in [6, 6.07) is 14.9. The zero-order chi connectivity index (χ0) is 13.4. The molecule has 0 unspecified atom stereocenters. The molecule has 1 aromatic heterocycles. The lowest BCUT2D eigenvalue weighted by Gasteiger charge is -2.09. The van der Waals surface area contributed by atoms with Crippen LogP contribution in [0.4, 0.5) is 0 Å². The van der Waals surface area contributed by atoms with Gasteiger partial charge in [-0.05, 0) is 43.5 Å². The van der Waals surface area contributed by atoms with E-state index in [1.807, 2.05) is 12.3 Å². The summed E-state index contributed by atoms with van der Waals surface area (Å²) in [6.45, 7) is 4.25. The highest BCUT2D eigenvalue weighted by Gasteiger charge is 2.07. The lowest BCUT2D eigenvalue weighted by Crippen LogP contribution is -1.88. The van der Waals surface area contributed by atoms with E-state index < -0.39 is 0 Å². The Bertz CT molecular complexity index is 742. The van der Waals surface area contributed by atoms with E-state index in [4.69, 9.17) is 0 Å². The van der Waals surface area contributed by atoms with Crippen molar-refractivity contribution < 1.29 is 0 Å². The fourth-order valence-corrected chi connectivity index (χ4v) is 3.01. The zero-order valence-electron chi connectivity index (χ0n) is 10.9. The van der Waals surface area contributed by atoms with Gasteiger partial charge in [-0.3, -0.25) is 4.98 Å². The van der Waals surface area contributed by atoms with Gasteiger partial charge in [-0.1, -0.05) is 45.3 Å². The smallest absolute Gasteiger partial charge is 0.0780 e. The predicted molar refractivity (Wildman–Crippen MR) is 84.4 cm³/mol.